The van der Waals surface area contributed by atoms with Gasteiger partial charge in [-0.3, -0.25) is 14.1 Å². The molecule has 1 unspecified atom stereocenters. The fraction of sp³-hybridized carbons (Fsp3) is 0.926. The third-order valence-electron chi connectivity index (χ3n) is 6.13. The molecule has 0 amide bonds. The molecule has 8 nitrogen and oxygen atoms in total. The molecule has 0 aromatic carbocycles. The van der Waals surface area contributed by atoms with Gasteiger partial charge in [0.05, 0.1) is 6.61 Å². The molecule has 36 heavy (non-hydrogen) atoms. The molecule has 0 aliphatic carbocycles. The summed E-state index contributed by atoms with van der Waals surface area (Å²) in [6, 6.07) is 0. The summed E-state index contributed by atoms with van der Waals surface area (Å²) in [6.07, 6.45) is 20.9. The van der Waals surface area contributed by atoms with Gasteiger partial charge in [0.25, 0.3) is 0 Å². The first-order valence-electron chi connectivity index (χ1n) is 14.3. The summed E-state index contributed by atoms with van der Waals surface area (Å²) in [5.74, 6) is -0.920. The summed E-state index contributed by atoms with van der Waals surface area (Å²) in [6.45, 7) is 3.39. The van der Waals surface area contributed by atoms with Crippen molar-refractivity contribution >= 4 is 19.8 Å². The summed E-state index contributed by atoms with van der Waals surface area (Å²) in [5, 5.41) is 0. The Hall–Kier alpha value is -0.950. The Bertz CT molecular complexity index is 578. The highest BCUT2D eigenvalue weighted by Gasteiger charge is 2.22. The number of phosphoric ester groups is 1. The van der Waals surface area contributed by atoms with E-state index in [1.54, 1.807) is 0 Å². The van der Waals surface area contributed by atoms with E-state index in [0.29, 0.717) is 12.8 Å². The maximum absolute atomic E-state index is 12.1. The van der Waals surface area contributed by atoms with E-state index < -0.39 is 32.5 Å². The van der Waals surface area contributed by atoms with Crippen molar-refractivity contribution in [3.8, 4) is 0 Å². The topological polar surface area (TPSA) is 119 Å². The minimum Gasteiger partial charge on any atom is -0.462 e. The van der Waals surface area contributed by atoms with Crippen molar-refractivity contribution < 1.29 is 37.9 Å². The Morgan fingerprint density at radius 1 is 0.611 bits per heavy atom. The van der Waals surface area contributed by atoms with Crippen molar-refractivity contribution in [2.45, 2.75) is 148 Å². The molecule has 0 heterocycles. The largest absolute Gasteiger partial charge is 0.469 e. The van der Waals surface area contributed by atoms with E-state index in [-0.39, 0.29) is 19.4 Å². The van der Waals surface area contributed by atoms with Gasteiger partial charge in [0, 0.05) is 12.8 Å². The average molecular weight is 537 g/mol. The van der Waals surface area contributed by atoms with Crippen LogP contribution >= 0.6 is 7.82 Å². The van der Waals surface area contributed by atoms with Crippen LogP contribution in [0.15, 0.2) is 0 Å². The van der Waals surface area contributed by atoms with Gasteiger partial charge in [0.2, 0.25) is 0 Å². The second-order valence-electron chi connectivity index (χ2n) is 9.74. The molecule has 0 aliphatic rings. The van der Waals surface area contributed by atoms with E-state index in [4.69, 9.17) is 19.3 Å². The van der Waals surface area contributed by atoms with E-state index in [1.165, 1.54) is 83.5 Å². The summed E-state index contributed by atoms with van der Waals surface area (Å²) < 4.78 is 25.7. The zero-order chi connectivity index (χ0) is 26.9. The molecule has 0 saturated heterocycles. The van der Waals surface area contributed by atoms with Gasteiger partial charge in [-0.2, -0.15) is 0 Å². The molecule has 1 atom stereocenters. The van der Waals surface area contributed by atoms with Crippen LogP contribution in [0.5, 0.6) is 0 Å². The molecule has 0 aromatic heterocycles. The zero-order valence-corrected chi connectivity index (χ0v) is 23.8. The first-order chi connectivity index (χ1) is 17.3. The van der Waals surface area contributed by atoms with Crippen LogP contribution in [0.3, 0.4) is 0 Å². The third kappa shape index (κ3) is 26.1. The lowest BCUT2D eigenvalue weighted by atomic mass is 10.0. The van der Waals surface area contributed by atoms with E-state index in [1.807, 2.05) is 6.92 Å². The monoisotopic (exact) mass is 536 g/mol. The molecule has 214 valence electrons. The van der Waals surface area contributed by atoms with Gasteiger partial charge in [-0.1, -0.05) is 117 Å². The second-order valence-corrected chi connectivity index (χ2v) is 11.0. The van der Waals surface area contributed by atoms with Crippen LogP contribution in [-0.2, 0) is 28.2 Å². The van der Waals surface area contributed by atoms with Crippen molar-refractivity contribution in [2.75, 3.05) is 13.2 Å². The molecule has 2 N–H and O–H groups in total. The number of carbonyl (C=O) groups excluding carboxylic acids is 2. The van der Waals surface area contributed by atoms with Gasteiger partial charge in [-0.25, -0.2) is 4.57 Å². The highest BCUT2D eigenvalue weighted by Crippen LogP contribution is 2.35. The Labute approximate surface area is 219 Å². The van der Waals surface area contributed by atoms with Crippen molar-refractivity contribution in [3.63, 3.8) is 0 Å². The quantitative estimate of drug-likeness (QED) is 0.0667. The number of esters is 2. The fourth-order valence-electron chi connectivity index (χ4n) is 3.94. The van der Waals surface area contributed by atoms with Crippen LogP contribution in [0.1, 0.15) is 142 Å². The standard InChI is InChI=1S/C27H53O8P/c1-3-5-7-8-9-10-11-12-13-14-15-16-17-18-19-20-22-27(29)35-25(24-34-36(30,31)32)23-33-26(28)21-6-4-2/h25H,3-24H2,1-2H3,(H2,30,31,32). The maximum atomic E-state index is 12.1. The minimum atomic E-state index is -4.71. The van der Waals surface area contributed by atoms with E-state index in [9.17, 15) is 14.2 Å². The number of phosphoric acid groups is 1. The molecule has 0 aliphatic heterocycles. The summed E-state index contributed by atoms with van der Waals surface area (Å²) in [4.78, 5) is 41.6. The van der Waals surface area contributed by atoms with Crippen molar-refractivity contribution in [3.05, 3.63) is 0 Å². The predicted octanol–water partition coefficient (Wildman–Crippen LogP) is 7.39. The van der Waals surface area contributed by atoms with Crippen LogP contribution in [0.4, 0.5) is 0 Å². The van der Waals surface area contributed by atoms with E-state index >= 15 is 0 Å². The molecule has 9 heteroatoms. The molecule has 0 aromatic rings. The first-order valence-corrected chi connectivity index (χ1v) is 15.9. The molecular formula is C27H53O8P. The molecule has 0 bridgehead atoms. The zero-order valence-electron chi connectivity index (χ0n) is 22.9. The number of carbonyl (C=O) groups is 2. The summed E-state index contributed by atoms with van der Waals surface area (Å²) in [5.41, 5.74) is 0. The summed E-state index contributed by atoms with van der Waals surface area (Å²) in [7, 11) is -4.71. The molecule has 0 radical (unpaired) electrons. The van der Waals surface area contributed by atoms with Crippen molar-refractivity contribution in [1.29, 1.82) is 0 Å². The van der Waals surface area contributed by atoms with Crippen LogP contribution in [0.2, 0.25) is 0 Å². The highest BCUT2D eigenvalue weighted by molar-refractivity contribution is 7.46. The number of rotatable bonds is 26. The fourth-order valence-corrected chi connectivity index (χ4v) is 4.30. The normalized spacial score (nSPS) is 12.4. The lowest BCUT2D eigenvalue weighted by molar-refractivity contribution is -0.161. The van der Waals surface area contributed by atoms with Crippen LogP contribution in [0, 0.1) is 0 Å². The lowest BCUT2D eigenvalue weighted by Crippen LogP contribution is -2.29. The Morgan fingerprint density at radius 3 is 1.47 bits per heavy atom. The third-order valence-corrected chi connectivity index (χ3v) is 6.61. The van der Waals surface area contributed by atoms with Crippen molar-refractivity contribution in [2.24, 2.45) is 0 Å². The van der Waals surface area contributed by atoms with Crippen LogP contribution < -0.4 is 0 Å². The number of hydrogen-bond acceptors (Lipinski definition) is 6. The smallest absolute Gasteiger partial charge is 0.462 e. The van der Waals surface area contributed by atoms with Gasteiger partial charge in [-0.05, 0) is 12.8 Å². The van der Waals surface area contributed by atoms with E-state index in [0.717, 1.165) is 19.3 Å². The lowest BCUT2D eigenvalue weighted by Gasteiger charge is -2.18. The predicted molar refractivity (Wildman–Crippen MR) is 143 cm³/mol. The SMILES string of the molecule is CCCCCCCCCCCCCCCCCCC(=O)OC(COC(=O)CCCC)COP(=O)(O)O. The van der Waals surface area contributed by atoms with Gasteiger partial charge >= 0.3 is 19.8 Å². The van der Waals surface area contributed by atoms with Gasteiger partial charge < -0.3 is 19.3 Å². The van der Waals surface area contributed by atoms with Gasteiger partial charge in [0.1, 0.15) is 6.61 Å². The number of unbranched alkanes of at least 4 members (excludes halogenated alkanes) is 16. The highest BCUT2D eigenvalue weighted by atomic mass is 31.2. The Balaban J connectivity index is 3.80. The average Bonchev–Trinajstić information content (AvgIpc) is 2.83. The van der Waals surface area contributed by atoms with E-state index in [2.05, 4.69) is 11.4 Å². The molecule has 0 spiro atoms. The van der Waals surface area contributed by atoms with Gasteiger partial charge in [0.15, 0.2) is 6.10 Å². The van der Waals surface area contributed by atoms with Crippen molar-refractivity contribution in [1.82, 2.24) is 0 Å². The number of ether oxygens (including phenoxy) is 2. The maximum Gasteiger partial charge on any atom is 0.469 e. The Morgan fingerprint density at radius 2 is 1.03 bits per heavy atom. The first kappa shape index (κ1) is 35.0. The number of hydrogen-bond donors (Lipinski definition) is 2. The Kier molecular flexibility index (Phi) is 23.7. The molecule has 0 rings (SSSR count). The van der Waals surface area contributed by atoms with Crippen LogP contribution in [-0.4, -0.2) is 41.0 Å². The summed E-state index contributed by atoms with van der Waals surface area (Å²) >= 11 is 0. The molecule has 0 fully saturated rings. The minimum absolute atomic E-state index is 0.217. The molecule has 0 saturated carbocycles. The second kappa shape index (κ2) is 24.4. The molecular weight excluding hydrogens is 483 g/mol. The van der Waals surface area contributed by atoms with Gasteiger partial charge in [-0.15, -0.1) is 0 Å². The van der Waals surface area contributed by atoms with Crippen LogP contribution in [0.25, 0.3) is 0 Å².